The van der Waals surface area contributed by atoms with E-state index in [-0.39, 0.29) is 0 Å². The van der Waals surface area contributed by atoms with Crippen molar-refractivity contribution >= 4 is 0 Å². The molecule has 0 radical (unpaired) electrons. The molecule has 0 aromatic heterocycles. The van der Waals surface area contributed by atoms with Crippen LogP contribution in [0, 0.1) is 0 Å². The zero-order valence-corrected chi connectivity index (χ0v) is 9.06. The molecule has 88 valence electrons. The van der Waals surface area contributed by atoms with Gasteiger partial charge in [0.25, 0.3) is 0 Å². The first-order valence-electron chi connectivity index (χ1n) is 5.52. The van der Waals surface area contributed by atoms with Crippen molar-refractivity contribution in [2.75, 3.05) is 13.2 Å². The molecule has 4 N–H and O–H groups in total. The van der Waals surface area contributed by atoms with Crippen LogP contribution >= 0.6 is 0 Å². The van der Waals surface area contributed by atoms with Crippen molar-refractivity contribution in [3.63, 3.8) is 0 Å². The van der Waals surface area contributed by atoms with E-state index >= 15 is 0 Å². The fourth-order valence-corrected chi connectivity index (χ4v) is 2.00. The lowest BCUT2D eigenvalue weighted by Gasteiger charge is -2.21. The molecule has 1 aliphatic heterocycles. The van der Waals surface area contributed by atoms with Crippen molar-refractivity contribution in [3.05, 3.63) is 34.9 Å². The molecule has 0 saturated carbocycles. The summed E-state index contributed by atoms with van der Waals surface area (Å²) in [5, 5.41) is 31.2. The number of aliphatic hydroxyl groups is 3. The van der Waals surface area contributed by atoms with Crippen molar-refractivity contribution in [3.8, 4) is 0 Å². The first-order chi connectivity index (χ1) is 7.72. The molecule has 0 spiro atoms. The van der Waals surface area contributed by atoms with E-state index in [2.05, 4.69) is 5.32 Å². The van der Waals surface area contributed by atoms with E-state index in [1.165, 1.54) is 11.1 Å². The van der Waals surface area contributed by atoms with Gasteiger partial charge in [0.15, 0.2) is 0 Å². The summed E-state index contributed by atoms with van der Waals surface area (Å²) in [6.07, 6.45) is -1.18. The molecular formula is C12H17NO3. The normalized spacial score (nSPS) is 18.9. The van der Waals surface area contributed by atoms with Gasteiger partial charge in [-0.3, -0.25) is 0 Å². The van der Waals surface area contributed by atoms with Gasteiger partial charge < -0.3 is 20.6 Å². The molecule has 2 rings (SSSR count). The highest BCUT2D eigenvalue weighted by atomic mass is 16.4. The van der Waals surface area contributed by atoms with Gasteiger partial charge in [-0.2, -0.15) is 0 Å². The van der Waals surface area contributed by atoms with Crippen molar-refractivity contribution in [1.29, 1.82) is 0 Å². The highest BCUT2D eigenvalue weighted by Crippen LogP contribution is 2.22. The monoisotopic (exact) mass is 223 g/mol. The lowest BCUT2D eigenvalue weighted by Crippen LogP contribution is -2.25. The standard InChI is InChI=1S/C12H17NO3/c14-7-11(15)12(16)9-1-2-10-6-13-4-3-8(10)5-9/h1-2,5,11-16H,3-4,6-7H2. The predicted octanol–water partition coefficient (Wildman–Crippen LogP) is -0.281. The first kappa shape index (κ1) is 11.5. The summed E-state index contributed by atoms with van der Waals surface area (Å²) in [4.78, 5) is 0. The molecule has 2 unspecified atom stereocenters. The second kappa shape index (κ2) is 4.93. The van der Waals surface area contributed by atoms with E-state index in [1.54, 1.807) is 6.07 Å². The molecule has 16 heavy (non-hydrogen) atoms. The zero-order valence-electron chi connectivity index (χ0n) is 9.06. The van der Waals surface area contributed by atoms with Crippen molar-refractivity contribution in [2.24, 2.45) is 0 Å². The minimum Gasteiger partial charge on any atom is -0.394 e. The highest BCUT2D eigenvalue weighted by molar-refractivity contribution is 5.35. The number of hydrogen-bond acceptors (Lipinski definition) is 4. The van der Waals surface area contributed by atoms with Gasteiger partial charge in [-0.05, 0) is 29.7 Å². The van der Waals surface area contributed by atoms with Crippen LogP contribution in [0.15, 0.2) is 18.2 Å². The van der Waals surface area contributed by atoms with E-state index < -0.39 is 18.8 Å². The summed E-state index contributed by atoms with van der Waals surface area (Å²) in [6.45, 7) is 1.36. The number of fused-ring (bicyclic) bond motifs is 1. The summed E-state index contributed by atoms with van der Waals surface area (Å²) in [6, 6.07) is 5.68. The number of hydrogen-bond donors (Lipinski definition) is 4. The molecule has 1 aliphatic rings. The van der Waals surface area contributed by atoms with Crippen LogP contribution in [0.1, 0.15) is 22.8 Å². The maximum atomic E-state index is 9.76. The van der Waals surface area contributed by atoms with Crippen LogP contribution in [0.4, 0.5) is 0 Å². The van der Waals surface area contributed by atoms with Crippen molar-refractivity contribution < 1.29 is 15.3 Å². The second-order valence-corrected chi connectivity index (χ2v) is 4.15. The molecular weight excluding hydrogens is 206 g/mol. The quantitative estimate of drug-likeness (QED) is 0.568. The molecule has 1 aromatic carbocycles. The molecule has 0 bridgehead atoms. The summed E-state index contributed by atoms with van der Waals surface area (Å²) >= 11 is 0. The molecule has 1 heterocycles. The Hall–Kier alpha value is -0.940. The summed E-state index contributed by atoms with van der Waals surface area (Å²) < 4.78 is 0. The van der Waals surface area contributed by atoms with Gasteiger partial charge in [-0.1, -0.05) is 18.2 Å². The van der Waals surface area contributed by atoms with Gasteiger partial charge in [0.05, 0.1) is 6.61 Å². The third-order valence-corrected chi connectivity index (χ3v) is 3.01. The Balaban J connectivity index is 2.22. The third-order valence-electron chi connectivity index (χ3n) is 3.01. The fraction of sp³-hybridized carbons (Fsp3) is 0.500. The number of rotatable bonds is 3. The van der Waals surface area contributed by atoms with Crippen LogP contribution in [-0.4, -0.2) is 34.6 Å². The van der Waals surface area contributed by atoms with Gasteiger partial charge in [-0.25, -0.2) is 0 Å². The molecule has 4 heteroatoms. The minimum absolute atomic E-state index is 0.431. The summed E-state index contributed by atoms with van der Waals surface area (Å²) in [5.41, 5.74) is 3.11. The van der Waals surface area contributed by atoms with Gasteiger partial charge in [0, 0.05) is 6.54 Å². The Labute approximate surface area is 94.5 Å². The average molecular weight is 223 g/mol. The Bertz CT molecular complexity index is 367. The zero-order chi connectivity index (χ0) is 11.5. The second-order valence-electron chi connectivity index (χ2n) is 4.15. The van der Waals surface area contributed by atoms with Gasteiger partial charge in [-0.15, -0.1) is 0 Å². The Morgan fingerprint density at radius 3 is 2.81 bits per heavy atom. The molecule has 4 nitrogen and oxygen atoms in total. The van der Waals surface area contributed by atoms with Crippen molar-refractivity contribution in [1.82, 2.24) is 5.32 Å². The van der Waals surface area contributed by atoms with Crippen LogP contribution < -0.4 is 5.32 Å². The maximum absolute atomic E-state index is 9.76. The first-order valence-corrected chi connectivity index (χ1v) is 5.52. The van der Waals surface area contributed by atoms with Crippen LogP contribution in [-0.2, 0) is 13.0 Å². The average Bonchev–Trinajstić information content (AvgIpc) is 2.36. The number of nitrogens with one attached hydrogen (secondary N) is 1. The van der Waals surface area contributed by atoms with Crippen LogP contribution in [0.25, 0.3) is 0 Å². The van der Waals surface area contributed by atoms with E-state index in [1.807, 2.05) is 12.1 Å². The Morgan fingerprint density at radius 1 is 1.25 bits per heavy atom. The summed E-state index contributed by atoms with van der Waals surface area (Å²) in [7, 11) is 0. The van der Waals surface area contributed by atoms with Gasteiger partial charge in [0.2, 0.25) is 0 Å². The predicted molar refractivity (Wildman–Crippen MR) is 59.9 cm³/mol. The molecule has 0 fully saturated rings. The lowest BCUT2D eigenvalue weighted by molar-refractivity contribution is -0.0153. The highest BCUT2D eigenvalue weighted by Gasteiger charge is 2.19. The van der Waals surface area contributed by atoms with Crippen LogP contribution in [0.2, 0.25) is 0 Å². The topological polar surface area (TPSA) is 72.7 Å². The Morgan fingerprint density at radius 2 is 2.06 bits per heavy atom. The van der Waals surface area contributed by atoms with Gasteiger partial charge >= 0.3 is 0 Å². The number of benzene rings is 1. The maximum Gasteiger partial charge on any atom is 0.107 e. The van der Waals surface area contributed by atoms with Crippen LogP contribution in [0.5, 0.6) is 0 Å². The summed E-state index contributed by atoms with van der Waals surface area (Å²) in [5.74, 6) is 0. The van der Waals surface area contributed by atoms with Crippen LogP contribution in [0.3, 0.4) is 0 Å². The smallest absolute Gasteiger partial charge is 0.107 e. The third kappa shape index (κ3) is 2.25. The number of aliphatic hydroxyl groups excluding tert-OH is 3. The largest absolute Gasteiger partial charge is 0.394 e. The lowest BCUT2D eigenvalue weighted by atomic mass is 9.95. The van der Waals surface area contributed by atoms with E-state index in [0.717, 1.165) is 19.5 Å². The van der Waals surface area contributed by atoms with E-state index in [9.17, 15) is 10.2 Å². The molecule has 2 atom stereocenters. The van der Waals surface area contributed by atoms with E-state index in [4.69, 9.17) is 5.11 Å². The molecule has 0 aliphatic carbocycles. The molecule has 0 amide bonds. The Kier molecular flexibility index (Phi) is 3.56. The molecule has 0 saturated heterocycles. The fourth-order valence-electron chi connectivity index (χ4n) is 2.00. The van der Waals surface area contributed by atoms with E-state index in [0.29, 0.717) is 5.56 Å². The van der Waals surface area contributed by atoms with Gasteiger partial charge in [0.1, 0.15) is 12.2 Å². The molecule has 1 aromatic rings. The minimum atomic E-state index is -1.11. The van der Waals surface area contributed by atoms with Crippen molar-refractivity contribution in [2.45, 2.75) is 25.2 Å². The SMILES string of the molecule is OCC(O)C(O)c1ccc2c(c1)CCNC2.